The van der Waals surface area contributed by atoms with Gasteiger partial charge in [-0.05, 0) is 48.0 Å². The number of primary amides is 1. The van der Waals surface area contributed by atoms with E-state index in [2.05, 4.69) is 5.10 Å². The molecule has 0 saturated carbocycles. The smallest absolute Gasteiger partial charge is 0.366 e. The number of hydrogen-bond acceptors (Lipinski definition) is 6. The number of carbonyl (C=O) groups excluding carboxylic acids is 2. The topological polar surface area (TPSA) is 142 Å². The number of nitrogens with zero attached hydrogens (tertiary/aromatic N) is 3. The lowest BCUT2D eigenvalue weighted by atomic mass is 10.0. The van der Waals surface area contributed by atoms with Crippen molar-refractivity contribution in [3.05, 3.63) is 99.8 Å². The van der Waals surface area contributed by atoms with Crippen LogP contribution < -0.4 is 10.6 Å². The van der Waals surface area contributed by atoms with Crippen LogP contribution in [0, 0.1) is 11.6 Å². The third kappa shape index (κ3) is 5.17. The first-order valence-electron chi connectivity index (χ1n) is 10.3. The van der Waals surface area contributed by atoms with Crippen molar-refractivity contribution < 1.29 is 33.7 Å². The molecule has 190 valence electrons. The van der Waals surface area contributed by atoms with Crippen molar-refractivity contribution in [3.63, 3.8) is 0 Å². The highest BCUT2D eigenvalue weighted by atomic mass is 35.5. The Kier molecular flexibility index (Phi) is 7.00. The molecule has 1 heterocycles. The van der Waals surface area contributed by atoms with Gasteiger partial charge in [-0.25, -0.2) is 18.4 Å². The summed E-state index contributed by atoms with van der Waals surface area (Å²) in [4.78, 5) is 25.0. The summed E-state index contributed by atoms with van der Waals surface area (Å²) in [7, 11) is 0. The molecule has 0 atom stereocenters. The molecule has 37 heavy (non-hydrogen) atoms. The van der Waals surface area contributed by atoms with Gasteiger partial charge in [-0.15, -0.1) is 0 Å². The number of carbonyl (C=O) groups is 2. The third-order valence-corrected chi connectivity index (χ3v) is 5.90. The van der Waals surface area contributed by atoms with E-state index in [1.165, 1.54) is 42.5 Å². The van der Waals surface area contributed by atoms with Gasteiger partial charge in [0.2, 0.25) is 5.91 Å². The molecule has 0 radical (unpaired) electrons. The first kappa shape index (κ1) is 26.2. The quantitative estimate of drug-likeness (QED) is 0.272. The van der Waals surface area contributed by atoms with Gasteiger partial charge in [-0.3, -0.25) is 9.59 Å². The predicted octanol–water partition coefficient (Wildman–Crippen LogP) is 3.46. The van der Waals surface area contributed by atoms with Crippen molar-refractivity contribution in [2.24, 2.45) is 5.73 Å². The normalized spacial score (nSPS) is 11.4. The Bertz CT molecular complexity index is 1520. The first-order chi connectivity index (χ1) is 17.4. The predicted molar refractivity (Wildman–Crippen MR) is 130 cm³/mol. The third-order valence-electron chi connectivity index (χ3n) is 5.26. The maximum atomic E-state index is 14.5. The lowest BCUT2D eigenvalue weighted by Crippen LogP contribution is -2.53. The van der Waals surface area contributed by atoms with E-state index in [0.717, 1.165) is 29.2 Å². The molecule has 0 saturated heterocycles. The average Bonchev–Trinajstić information content (AvgIpc) is 3.24. The molecule has 2 amide bonds. The Hall–Kier alpha value is -3.87. The SMILES string of the molecule is NC(=O)c1ccc(Cl)c(-c2ccc(N(C(=O)c3c(F)cccc3Cl)C(O)(O)O)c(-n3cc(F)cn3)c2)c1. The summed E-state index contributed by atoms with van der Waals surface area (Å²) in [5.74, 6) is -4.06. The number of hydrogen-bond donors (Lipinski definition) is 4. The van der Waals surface area contributed by atoms with Gasteiger partial charge in [0.05, 0.1) is 34.4 Å². The van der Waals surface area contributed by atoms with E-state index in [4.69, 9.17) is 28.9 Å². The van der Waals surface area contributed by atoms with E-state index in [-0.39, 0.29) is 26.2 Å². The molecule has 0 fully saturated rings. The molecule has 13 heteroatoms. The zero-order chi connectivity index (χ0) is 27.1. The van der Waals surface area contributed by atoms with Crippen LogP contribution in [0.1, 0.15) is 20.7 Å². The summed E-state index contributed by atoms with van der Waals surface area (Å²) in [6.45, 7) is 0. The van der Waals surface area contributed by atoms with Crippen LogP contribution in [0.15, 0.2) is 67.0 Å². The summed E-state index contributed by atoms with van der Waals surface area (Å²) in [5, 5.41) is 34.0. The second-order valence-electron chi connectivity index (χ2n) is 7.70. The van der Waals surface area contributed by atoms with Crippen molar-refractivity contribution in [1.29, 1.82) is 0 Å². The van der Waals surface area contributed by atoms with Crippen molar-refractivity contribution in [2.75, 3.05) is 4.90 Å². The minimum atomic E-state index is -3.87. The molecule has 4 rings (SSSR count). The van der Waals surface area contributed by atoms with Crippen LogP contribution in [0.3, 0.4) is 0 Å². The number of rotatable bonds is 6. The van der Waals surface area contributed by atoms with E-state index >= 15 is 0 Å². The number of aromatic nitrogens is 2. The molecular weight excluding hydrogens is 533 g/mol. The molecule has 3 aromatic carbocycles. The Labute approximate surface area is 217 Å². The van der Waals surface area contributed by atoms with Crippen LogP contribution in [-0.2, 0) is 0 Å². The zero-order valence-electron chi connectivity index (χ0n) is 18.4. The van der Waals surface area contributed by atoms with Gasteiger partial charge in [0, 0.05) is 16.1 Å². The minimum Gasteiger partial charge on any atom is -0.366 e. The van der Waals surface area contributed by atoms with Crippen LogP contribution in [0.25, 0.3) is 16.8 Å². The molecule has 1 aromatic heterocycles. The lowest BCUT2D eigenvalue weighted by molar-refractivity contribution is -0.304. The largest absolute Gasteiger partial charge is 0.376 e. The standard InChI is InChI=1S/C24H16Cl2F2N4O5/c25-16-6-4-13(22(29)33)8-15(16)12-5-7-19(20(9-12)31-11-14(27)10-30-31)32(24(35,36)37)23(34)21-17(26)2-1-3-18(21)28/h1-11,35-37H,(H2,29,33). The summed E-state index contributed by atoms with van der Waals surface area (Å²) in [5.41, 5.74) is 4.70. The highest BCUT2D eigenvalue weighted by Crippen LogP contribution is 2.37. The summed E-state index contributed by atoms with van der Waals surface area (Å²) in [6.07, 6.45) is -2.13. The maximum absolute atomic E-state index is 14.5. The molecule has 0 aliphatic rings. The van der Waals surface area contributed by atoms with Crippen LogP contribution in [-0.4, -0.2) is 43.0 Å². The first-order valence-corrected chi connectivity index (χ1v) is 11.0. The van der Waals surface area contributed by atoms with Gasteiger partial charge in [0.1, 0.15) is 5.82 Å². The van der Waals surface area contributed by atoms with Crippen LogP contribution >= 0.6 is 23.2 Å². The second kappa shape index (κ2) is 9.88. The van der Waals surface area contributed by atoms with Gasteiger partial charge < -0.3 is 21.1 Å². The van der Waals surface area contributed by atoms with Crippen molar-refractivity contribution in [3.8, 4) is 16.8 Å². The highest BCUT2D eigenvalue weighted by Gasteiger charge is 2.39. The van der Waals surface area contributed by atoms with E-state index < -0.39 is 40.8 Å². The molecule has 5 N–H and O–H groups in total. The minimum absolute atomic E-state index is 0.0391. The van der Waals surface area contributed by atoms with Gasteiger partial charge in [0.15, 0.2) is 5.82 Å². The fraction of sp³-hybridized carbons (Fsp3) is 0.0417. The monoisotopic (exact) mass is 548 g/mol. The maximum Gasteiger partial charge on any atom is 0.376 e. The van der Waals surface area contributed by atoms with Gasteiger partial charge >= 0.3 is 6.10 Å². The molecule has 0 aliphatic carbocycles. The summed E-state index contributed by atoms with van der Waals surface area (Å²) in [6, 6.07) is 11.3. The summed E-state index contributed by atoms with van der Waals surface area (Å²) >= 11 is 12.3. The fourth-order valence-electron chi connectivity index (χ4n) is 3.62. The zero-order valence-corrected chi connectivity index (χ0v) is 20.0. The van der Waals surface area contributed by atoms with Crippen molar-refractivity contribution in [2.45, 2.75) is 6.10 Å². The van der Waals surface area contributed by atoms with Gasteiger partial charge in [-0.2, -0.15) is 5.10 Å². The van der Waals surface area contributed by atoms with Crippen LogP contribution in [0.2, 0.25) is 10.0 Å². The Morgan fingerprint density at radius 1 is 1.00 bits per heavy atom. The van der Waals surface area contributed by atoms with E-state index in [9.17, 15) is 33.7 Å². The van der Waals surface area contributed by atoms with Gasteiger partial charge in [-0.1, -0.05) is 35.3 Å². The number of anilines is 1. The number of aliphatic hydroxyl groups is 3. The Balaban J connectivity index is 1.97. The molecule has 4 aromatic rings. The number of benzene rings is 3. The molecular formula is C24H16Cl2F2N4O5. The fourth-order valence-corrected chi connectivity index (χ4v) is 4.09. The number of halogens is 4. The molecule has 0 unspecified atom stereocenters. The van der Waals surface area contributed by atoms with E-state index in [1.807, 2.05) is 0 Å². The molecule has 0 spiro atoms. The Morgan fingerprint density at radius 2 is 1.73 bits per heavy atom. The highest BCUT2D eigenvalue weighted by molar-refractivity contribution is 6.35. The van der Waals surface area contributed by atoms with E-state index in [0.29, 0.717) is 11.1 Å². The number of amides is 2. The van der Waals surface area contributed by atoms with Gasteiger partial charge in [0.25, 0.3) is 5.91 Å². The molecule has 0 aliphatic heterocycles. The average molecular weight is 549 g/mol. The Morgan fingerprint density at radius 3 is 2.32 bits per heavy atom. The van der Waals surface area contributed by atoms with Crippen LogP contribution in [0.5, 0.6) is 0 Å². The molecule has 9 nitrogen and oxygen atoms in total. The van der Waals surface area contributed by atoms with Crippen LogP contribution in [0.4, 0.5) is 14.5 Å². The van der Waals surface area contributed by atoms with E-state index in [1.54, 1.807) is 0 Å². The molecule has 0 bridgehead atoms. The summed E-state index contributed by atoms with van der Waals surface area (Å²) < 4.78 is 29.3. The second-order valence-corrected chi connectivity index (χ2v) is 8.52. The van der Waals surface area contributed by atoms with Crippen molar-refractivity contribution in [1.82, 2.24) is 9.78 Å². The van der Waals surface area contributed by atoms with Crippen molar-refractivity contribution >= 4 is 40.7 Å². The lowest BCUT2D eigenvalue weighted by Gasteiger charge is -2.32. The number of nitrogens with two attached hydrogens (primary N) is 1.